The van der Waals surface area contributed by atoms with E-state index >= 15 is 0 Å². The Kier molecular flexibility index (Phi) is 7.76. The van der Waals surface area contributed by atoms with Gasteiger partial charge in [-0.05, 0) is 24.3 Å². The number of carbonyl (C=O) groups is 2. The Bertz CT molecular complexity index is 624. The van der Waals surface area contributed by atoms with Crippen LogP contribution in [0.1, 0.15) is 20.7 Å². The Morgan fingerprint density at radius 1 is 0.708 bits per heavy atom. The van der Waals surface area contributed by atoms with E-state index in [-0.39, 0.29) is 22.6 Å². The lowest BCUT2D eigenvalue weighted by atomic mass is 10.2. The van der Waals surface area contributed by atoms with E-state index in [1.807, 2.05) is 0 Å². The second kappa shape index (κ2) is 9.82. The van der Waals surface area contributed by atoms with Gasteiger partial charge in [-0.3, -0.25) is 0 Å². The molecule has 0 bridgehead atoms. The summed E-state index contributed by atoms with van der Waals surface area (Å²) in [6, 6.07) is 12.5. The highest BCUT2D eigenvalue weighted by Crippen LogP contribution is 2.18. The number of hydrogen-bond donors (Lipinski definition) is 2. The molecule has 2 rings (SSSR count). The van der Waals surface area contributed by atoms with E-state index in [1.165, 1.54) is 38.5 Å². The van der Waals surface area contributed by atoms with Gasteiger partial charge in [-0.1, -0.05) is 24.3 Å². The number of para-hydroxylation sites is 2. The molecule has 0 saturated heterocycles. The van der Waals surface area contributed by atoms with Crippen LogP contribution in [-0.2, 0) is 9.78 Å². The van der Waals surface area contributed by atoms with Crippen molar-refractivity contribution < 1.29 is 39.4 Å². The molecule has 0 amide bonds. The Morgan fingerprint density at radius 3 is 1.33 bits per heavy atom. The standard InChI is InChI=1S/2C8H8O4/c2*1-11-12-7-5-3-2-4-6(7)8(9)10/h2*2-5H,1H3,(H,9,10). The zero-order valence-corrected chi connectivity index (χ0v) is 13.0. The smallest absolute Gasteiger partial charge is 0.339 e. The lowest BCUT2D eigenvalue weighted by Crippen LogP contribution is -2.01. The van der Waals surface area contributed by atoms with Crippen molar-refractivity contribution in [2.75, 3.05) is 14.2 Å². The first-order valence-corrected chi connectivity index (χ1v) is 6.57. The molecule has 2 N–H and O–H groups in total. The molecule has 8 nitrogen and oxygen atoms in total. The van der Waals surface area contributed by atoms with E-state index < -0.39 is 11.9 Å². The van der Waals surface area contributed by atoms with Gasteiger partial charge >= 0.3 is 11.9 Å². The van der Waals surface area contributed by atoms with E-state index in [2.05, 4.69) is 19.6 Å². The van der Waals surface area contributed by atoms with Crippen LogP contribution in [0.3, 0.4) is 0 Å². The summed E-state index contributed by atoms with van der Waals surface area (Å²) < 4.78 is 0. The maximum atomic E-state index is 10.6. The monoisotopic (exact) mass is 336 g/mol. The lowest BCUT2D eigenvalue weighted by Gasteiger charge is -2.03. The van der Waals surface area contributed by atoms with Crippen molar-refractivity contribution in [2.45, 2.75) is 0 Å². The van der Waals surface area contributed by atoms with Crippen LogP contribution < -0.4 is 9.78 Å². The minimum atomic E-state index is -1.04. The first kappa shape index (κ1) is 18.9. The summed E-state index contributed by atoms with van der Waals surface area (Å²) in [6.07, 6.45) is 0. The third-order valence-corrected chi connectivity index (χ3v) is 2.58. The molecule has 24 heavy (non-hydrogen) atoms. The maximum absolute atomic E-state index is 10.6. The predicted octanol–water partition coefficient (Wildman–Crippen LogP) is 2.65. The molecule has 128 valence electrons. The number of aromatic carboxylic acids is 2. The van der Waals surface area contributed by atoms with Crippen molar-refractivity contribution in [3.63, 3.8) is 0 Å². The van der Waals surface area contributed by atoms with Crippen LogP contribution in [0.25, 0.3) is 0 Å². The van der Waals surface area contributed by atoms with Crippen molar-refractivity contribution in [3.8, 4) is 11.5 Å². The molecule has 2 aromatic rings. The minimum Gasteiger partial charge on any atom is -0.478 e. The average molecular weight is 336 g/mol. The van der Waals surface area contributed by atoms with Crippen LogP contribution in [-0.4, -0.2) is 36.4 Å². The van der Waals surface area contributed by atoms with E-state index in [4.69, 9.17) is 10.2 Å². The third kappa shape index (κ3) is 5.59. The highest BCUT2D eigenvalue weighted by Gasteiger charge is 2.10. The molecule has 0 radical (unpaired) electrons. The molecule has 0 aliphatic carbocycles. The molecule has 2 aromatic carbocycles. The fraction of sp³-hybridized carbons (Fsp3) is 0.125. The van der Waals surface area contributed by atoms with Gasteiger partial charge in [0.25, 0.3) is 0 Å². The molecule has 0 unspecified atom stereocenters. The van der Waals surface area contributed by atoms with E-state index in [1.54, 1.807) is 24.3 Å². The first-order valence-electron chi connectivity index (χ1n) is 6.57. The number of carboxylic acids is 2. The van der Waals surface area contributed by atoms with Gasteiger partial charge in [-0.25, -0.2) is 9.59 Å². The van der Waals surface area contributed by atoms with Gasteiger partial charge in [0.1, 0.15) is 11.1 Å². The normalized spacial score (nSPS) is 9.42. The van der Waals surface area contributed by atoms with Gasteiger partial charge in [0.2, 0.25) is 0 Å². The number of benzene rings is 2. The molecule has 0 aromatic heterocycles. The predicted molar refractivity (Wildman–Crippen MR) is 82.1 cm³/mol. The summed E-state index contributed by atoms with van der Waals surface area (Å²) in [5.74, 6) is -1.68. The molecule has 0 saturated carbocycles. The van der Waals surface area contributed by atoms with Gasteiger partial charge in [0, 0.05) is 0 Å². The highest BCUT2D eigenvalue weighted by atomic mass is 17.2. The van der Waals surface area contributed by atoms with Crippen LogP contribution in [0.2, 0.25) is 0 Å². The SMILES string of the molecule is COOc1ccccc1C(=O)O.COOc1ccccc1C(=O)O. The third-order valence-electron chi connectivity index (χ3n) is 2.58. The fourth-order valence-electron chi connectivity index (χ4n) is 1.61. The average Bonchev–Trinajstić information content (AvgIpc) is 2.57. The quantitative estimate of drug-likeness (QED) is 0.612. The van der Waals surface area contributed by atoms with Crippen LogP contribution in [0.15, 0.2) is 48.5 Å². The molecule has 0 aliphatic heterocycles. The van der Waals surface area contributed by atoms with Crippen LogP contribution >= 0.6 is 0 Å². The van der Waals surface area contributed by atoms with Crippen LogP contribution in [0, 0.1) is 0 Å². The molecule has 0 aliphatic rings. The molecule has 0 atom stereocenters. The second-order valence-electron chi connectivity index (χ2n) is 4.10. The van der Waals surface area contributed by atoms with E-state index in [0.717, 1.165) is 0 Å². The molecular weight excluding hydrogens is 320 g/mol. The summed E-state index contributed by atoms with van der Waals surface area (Å²) in [6.45, 7) is 0. The van der Waals surface area contributed by atoms with Crippen LogP contribution in [0.5, 0.6) is 11.5 Å². The van der Waals surface area contributed by atoms with Gasteiger partial charge < -0.3 is 20.0 Å². The summed E-state index contributed by atoms with van der Waals surface area (Å²) in [4.78, 5) is 39.1. The molecule has 0 spiro atoms. The Labute approximate surface area is 137 Å². The second-order valence-corrected chi connectivity index (χ2v) is 4.10. The fourth-order valence-corrected chi connectivity index (χ4v) is 1.61. The summed E-state index contributed by atoms with van der Waals surface area (Å²) in [5, 5.41) is 17.3. The number of carboxylic acid groups (broad SMARTS) is 2. The zero-order chi connectivity index (χ0) is 17.9. The number of rotatable bonds is 6. The largest absolute Gasteiger partial charge is 0.478 e. The Morgan fingerprint density at radius 2 is 1.04 bits per heavy atom. The molecule has 0 heterocycles. The maximum Gasteiger partial charge on any atom is 0.339 e. The Balaban J connectivity index is 0.000000240. The van der Waals surface area contributed by atoms with Crippen molar-refractivity contribution in [1.82, 2.24) is 0 Å². The first-order chi connectivity index (χ1) is 11.5. The summed E-state index contributed by atoms with van der Waals surface area (Å²) in [5.41, 5.74) is 0.165. The summed E-state index contributed by atoms with van der Waals surface area (Å²) in [7, 11) is 2.64. The molecule has 8 heteroatoms. The topological polar surface area (TPSA) is 112 Å². The highest BCUT2D eigenvalue weighted by molar-refractivity contribution is 5.91. The van der Waals surface area contributed by atoms with Crippen LogP contribution in [0.4, 0.5) is 0 Å². The van der Waals surface area contributed by atoms with Gasteiger partial charge in [-0.2, -0.15) is 9.78 Å². The van der Waals surface area contributed by atoms with Gasteiger partial charge in [0.05, 0.1) is 14.2 Å². The molecule has 0 fully saturated rings. The van der Waals surface area contributed by atoms with E-state index in [9.17, 15) is 9.59 Å². The van der Waals surface area contributed by atoms with Crippen molar-refractivity contribution >= 4 is 11.9 Å². The molecular formula is C16H16O8. The minimum absolute atomic E-state index is 0.0827. The van der Waals surface area contributed by atoms with Gasteiger partial charge in [-0.15, -0.1) is 0 Å². The van der Waals surface area contributed by atoms with Gasteiger partial charge in [0.15, 0.2) is 11.5 Å². The Hall–Kier alpha value is -3.10. The van der Waals surface area contributed by atoms with Crippen molar-refractivity contribution in [1.29, 1.82) is 0 Å². The number of hydrogen-bond acceptors (Lipinski definition) is 6. The van der Waals surface area contributed by atoms with Crippen molar-refractivity contribution in [2.24, 2.45) is 0 Å². The lowest BCUT2D eigenvalue weighted by molar-refractivity contribution is -0.178. The van der Waals surface area contributed by atoms with E-state index in [0.29, 0.717) is 0 Å². The van der Waals surface area contributed by atoms with Crippen molar-refractivity contribution in [3.05, 3.63) is 59.7 Å². The summed E-state index contributed by atoms with van der Waals surface area (Å²) >= 11 is 0. The zero-order valence-electron chi connectivity index (χ0n) is 13.0.